The number of amides is 1. The molecule has 0 aliphatic rings. The number of rotatable bonds is 8. The van der Waals surface area contributed by atoms with Crippen LogP contribution in [-0.2, 0) is 24.4 Å². The summed E-state index contributed by atoms with van der Waals surface area (Å²) in [7, 11) is 0. The SMILES string of the molecule is O=C(CCCn1c(=O)c2ccccc2n(Cc2ccccc2Cl)c1=O)NCc1ccco1. The summed E-state index contributed by atoms with van der Waals surface area (Å²) < 4.78 is 7.93. The first kappa shape index (κ1) is 21.6. The van der Waals surface area contributed by atoms with Crippen molar-refractivity contribution in [3.63, 3.8) is 0 Å². The van der Waals surface area contributed by atoms with Gasteiger partial charge in [0.05, 0.1) is 30.3 Å². The molecule has 0 unspecified atom stereocenters. The van der Waals surface area contributed by atoms with Crippen LogP contribution in [0.25, 0.3) is 10.9 Å². The highest BCUT2D eigenvalue weighted by Gasteiger charge is 2.14. The lowest BCUT2D eigenvalue weighted by Crippen LogP contribution is -2.40. The second-order valence-corrected chi connectivity index (χ2v) is 7.80. The number of furan rings is 1. The molecule has 0 spiro atoms. The fraction of sp³-hybridized carbons (Fsp3) is 0.208. The second-order valence-electron chi connectivity index (χ2n) is 7.39. The van der Waals surface area contributed by atoms with E-state index in [1.165, 1.54) is 4.57 Å². The van der Waals surface area contributed by atoms with E-state index in [0.29, 0.717) is 34.7 Å². The third-order valence-corrected chi connectivity index (χ3v) is 5.61. The molecule has 0 aliphatic heterocycles. The van der Waals surface area contributed by atoms with Crippen LogP contribution in [-0.4, -0.2) is 15.0 Å². The van der Waals surface area contributed by atoms with Crippen LogP contribution in [0.5, 0.6) is 0 Å². The minimum atomic E-state index is -0.426. The number of fused-ring (bicyclic) bond motifs is 1. The predicted octanol–water partition coefficient (Wildman–Crippen LogP) is 3.55. The first-order valence-corrected chi connectivity index (χ1v) is 10.7. The molecule has 4 aromatic rings. The van der Waals surface area contributed by atoms with E-state index in [2.05, 4.69) is 5.32 Å². The zero-order chi connectivity index (χ0) is 22.5. The topological polar surface area (TPSA) is 86.2 Å². The largest absolute Gasteiger partial charge is 0.467 e. The normalized spacial score (nSPS) is 11.0. The zero-order valence-electron chi connectivity index (χ0n) is 17.3. The Bertz CT molecular complexity index is 1360. The quantitative estimate of drug-likeness (QED) is 0.444. The molecule has 32 heavy (non-hydrogen) atoms. The highest BCUT2D eigenvalue weighted by molar-refractivity contribution is 6.31. The maximum Gasteiger partial charge on any atom is 0.331 e. The number of para-hydroxylation sites is 1. The van der Waals surface area contributed by atoms with Gasteiger partial charge in [0.15, 0.2) is 0 Å². The van der Waals surface area contributed by atoms with Gasteiger partial charge in [-0.15, -0.1) is 0 Å². The van der Waals surface area contributed by atoms with Crippen LogP contribution in [0.2, 0.25) is 5.02 Å². The Labute approximate surface area is 188 Å². The number of nitrogens with zero attached hydrogens (tertiary/aromatic N) is 2. The van der Waals surface area contributed by atoms with Crippen molar-refractivity contribution in [2.24, 2.45) is 0 Å². The van der Waals surface area contributed by atoms with E-state index in [-0.39, 0.29) is 31.0 Å². The molecule has 0 bridgehead atoms. The van der Waals surface area contributed by atoms with Crippen molar-refractivity contribution < 1.29 is 9.21 Å². The van der Waals surface area contributed by atoms with Crippen LogP contribution >= 0.6 is 11.6 Å². The van der Waals surface area contributed by atoms with E-state index in [0.717, 1.165) is 5.56 Å². The van der Waals surface area contributed by atoms with Gasteiger partial charge in [0, 0.05) is 18.0 Å². The number of carbonyl (C=O) groups is 1. The number of benzene rings is 2. The maximum atomic E-state index is 13.2. The lowest BCUT2D eigenvalue weighted by molar-refractivity contribution is -0.121. The van der Waals surface area contributed by atoms with Gasteiger partial charge in [0.1, 0.15) is 5.76 Å². The summed E-state index contributed by atoms with van der Waals surface area (Å²) >= 11 is 6.30. The maximum absolute atomic E-state index is 13.2. The molecule has 2 aromatic carbocycles. The summed E-state index contributed by atoms with van der Waals surface area (Å²) in [6.07, 6.45) is 2.08. The number of hydrogen-bond donors (Lipinski definition) is 1. The highest BCUT2D eigenvalue weighted by atomic mass is 35.5. The Kier molecular flexibility index (Phi) is 6.56. The average Bonchev–Trinajstić information content (AvgIpc) is 3.32. The smallest absolute Gasteiger partial charge is 0.331 e. The fourth-order valence-electron chi connectivity index (χ4n) is 3.60. The van der Waals surface area contributed by atoms with Crippen molar-refractivity contribution in [2.45, 2.75) is 32.5 Å². The van der Waals surface area contributed by atoms with Crippen molar-refractivity contribution in [3.8, 4) is 0 Å². The minimum Gasteiger partial charge on any atom is -0.467 e. The van der Waals surface area contributed by atoms with E-state index in [1.54, 1.807) is 53.3 Å². The van der Waals surface area contributed by atoms with E-state index >= 15 is 0 Å². The number of halogens is 1. The molecule has 8 heteroatoms. The second kappa shape index (κ2) is 9.70. The summed E-state index contributed by atoms with van der Waals surface area (Å²) in [5, 5.41) is 3.76. The summed E-state index contributed by atoms with van der Waals surface area (Å²) in [6, 6.07) is 17.8. The van der Waals surface area contributed by atoms with Crippen molar-refractivity contribution >= 4 is 28.4 Å². The third-order valence-electron chi connectivity index (χ3n) is 5.24. The molecule has 0 fully saturated rings. The molecule has 164 valence electrons. The molecule has 4 rings (SSSR count). The van der Waals surface area contributed by atoms with E-state index in [4.69, 9.17) is 16.0 Å². The van der Waals surface area contributed by atoms with Crippen LogP contribution in [0.1, 0.15) is 24.2 Å². The molecular weight excluding hydrogens is 430 g/mol. The molecule has 2 aromatic heterocycles. The van der Waals surface area contributed by atoms with Gasteiger partial charge >= 0.3 is 5.69 Å². The Morgan fingerprint density at radius 2 is 1.75 bits per heavy atom. The molecule has 0 radical (unpaired) electrons. The molecular formula is C24H22ClN3O4. The summed E-state index contributed by atoms with van der Waals surface area (Å²) in [6.45, 7) is 0.675. The van der Waals surface area contributed by atoms with Gasteiger partial charge in [-0.25, -0.2) is 4.79 Å². The van der Waals surface area contributed by atoms with Crippen LogP contribution in [0.4, 0.5) is 0 Å². The van der Waals surface area contributed by atoms with E-state index in [9.17, 15) is 14.4 Å². The molecule has 0 aliphatic carbocycles. The van der Waals surface area contributed by atoms with Crippen molar-refractivity contribution in [3.05, 3.63) is 104 Å². The minimum absolute atomic E-state index is 0.138. The molecule has 0 saturated carbocycles. The monoisotopic (exact) mass is 451 g/mol. The Morgan fingerprint density at radius 1 is 0.969 bits per heavy atom. The summed E-state index contributed by atoms with van der Waals surface area (Å²) in [5.41, 5.74) is 0.542. The zero-order valence-corrected chi connectivity index (χ0v) is 18.0. The van der Waals surface area contributed by atoms with E-state index in [1.807, 2.05) is 18.2 Å². The van der Waals surface area contributed by atoms with Crippen LogP contribution in [0, 0.1) is 0 Å². The van der Waals surface area contributed by atoms with Gasteiger partial charge in [-0.2, -0.15) is 0 Å². The van der Waals surface area contributed by atoms with Crippen LogP contribution in [0.3, 0.4) is 0 Å². The van der Waals surface area contributed by atoms with Crippen LogP contribution < -0.4 is 16.6 Å². The average molecular weight is 452 g/mol. The summed E-state index contributed by atoms with van der Waals surface area (Å²) in [5.74, 6) is 0.484. The first-order valence-electron chi connectivity index (χ1n) is 10.3. The Morgan fingerprint density at radius 3 is 2.53 bits per heavy atom. The molecule has 2 heterocycles. The highest BCUT2D eigenvalue weighted by Crippen LogP contribution is 2.17. The lowest BCUT2D eigenvalue weighted by atomic mass is 10.2. The fourth-order valence-corrected chi connectivity index (χ4v) is 3.80. The Hall–Kier alpha value is -3.58. The van der Waals surface area contributed by atoms with Crippen molar-refractivity contribution in [1.82, 2.24) is 14.5 Å². The first-order chi connectivity index (χ1) is 15.5. The molecule has 0 saturated heterocycles. The van der Waals surface area contributed by atoms with Gasteiger partial charge in [-0.05, 0) is 42.3 Å². The summed E-state index contributed by atoms with van der Waals surface area (Å²) in [4.78, 5) is 38.4. The standard InChI is InChI=1S/C24H22ClN3O4/c25-20-10-3-1-7-17(20)16-28-21-11-4-2-9-19(21)23(30)27(24(28)31)13-5-12-22(29)26-15-18-8-6-14-32-18/h1-4,6-11,14H,5,12-13,15-16H2,(H,26,29). The van der Waals surface area contributed by atoms with Gasteiger partial charge in [-0.1, -0.05) is 41.9 Å². The predicted molar refractivity (Wildman–Crippen MR) is 123 cm³/mol. The van der Waals surface area contributed by atoms with Gasteiger partial charge in [0.2, 0.25) is 5.91 Å². The molecule has 1 N–H and O–H groups in total. The Balaban J connectivity index is 1.56. The van der Waals surface area contributed by atoms with Crippen LogP contribution in [0.15, 0.2) is 80.9 Å². The van der Waals surface area contributed by atoms with Gasteiger partial charge < -0.3 is 9.73 Å². The van der Waals surface area contributed by atoms with Gasteiger partial charge in [-0.3, -0.25) is 18.7 Å². The van der Waals surface area contributed by atoms with Gasteiger partial charge in [0.25, 0.3) is 5.56 Å². The number of nitrogens with one attached hydrogen (secondary N) is 1. The molecule has 7 nitrogen and oxygen atoms in total. The molecule has 0 atom stereocenters. The number of hydrogen-bond acceptors (Lipinski definition) is 4. The van der Waals surface area contributed by atoms with Crippen molar-refractivity contribution in [2.75, 3.05) is 0 Å². The lowest BCUT2D eigenvalue weighted by Gasteiger charge is -2.15. The third kappa shape index (κ3) is 4.68. The number of aromatic nitrogens is 2. The van der Waals surface area contributed by atoms with E-state index < -0.39 is 5.69 Å². The van der Waals surface area contributed by atoms with Crippen molar-refractivity contribution in [1.29, 1.82) is 0 Å². The molecule has 1 amide bonds. The number of carbonyl (C=O) groups excluding carboxylic acids is 1.